The lowest BCUT2D eigenvalue weighted by atomic mass is 9.93. The topological polar surface area (TPSA) is 65.5 Å². The second kappa shape index (κ2) is 6.70. The fraction of sp³-hybridized carbons (Fsp3) is 0.600. The molecule has 2 rings (SSSR count). The van der Waals surface area contributed by atoms with Crippen molar-refractivity contribution in [2.45, 2.75) is 32.7 Å². The molecule has 0 spiro atoms. The molecular formula is C15H23N3O2. The van der Waals surface area contributed by atoms with E-state index in [1.54, 1.807) is 6.07 Å². The van der Waals surface area contributed by atoms with Crippen molar-refractivity contribution in [3.8, 4) is 5.75 Å². The summed E-state index contributed by atoms with van der Waals surface area (Å²) in [4.78, 5) is 18.0. The quantitative estimate of drug-likeness (QED) is 0.878. The van der Waals surface area contributed by atoms with Gasteiger partial charge in [-0.1, -0.05) is 13.8 Å². The molecule has 0 saturated carbocycles. The van der Waals surface area contributed by atoms with Crippen molar-refractivity contribution in [1.29, 1.82) is 0 Å². The van der Waals surface area contributed by atoms with Gasteiger partial charge < -0.3 is 15.3 Å². The molecule has 1 amide bonds. The number of hydrogen-bond acceptors (Lipinski definition) is 4. The molecule has 2 heterocycles. The van der Waals surface area contributed by atoms with Crippen molar-refractivity contribution in [3.63, 3.8) is 0 Å². The molecule has 1 aliphatic heterocycles. The summed E-state index contributed by atoms with van der Waals surface area (Å²) in [5, 5.41) is 13.3. The number of aromatic hydroxyl groups is 1. The Bertz CT molecular complexity index is 464. The van der Waals surface area contributed by atoms with E-state index >= 15 is 0 Å². The first-order valence-electron chi connectivity index (χ1n) is 7.29. The molecule has 1 aromatic heterocycles. The molecule has 5 heteroatoms. The van der Waals surface area contributed by atoms with E-state index in [1.165, 1.54) is 12.4 Å². The van der Waals surface area contributed by atoms with E-state index in [2.05, 4.69) is 24.1 Å². The van der Waals surface area contributed by atoms with Gasteiger partial charge in [0.05, 0.1) is 11.8 Å². The van der Waals surface area contributed by atoms with Gasteiger partial charge in [-0.3, -0.25) is 9.78 Å². The summed E-state index contributed by atoms with van der Waals surface area (Å²) in [6.45, 7) is 6.80. The predicted octanol–water partition coefficient (Wildman–Crippen LogP) is 1.64. The smallest absolute Gasteiger partial charge is 0.257 e. The highest BCUT2D eigenvalue weighted by Crippen LogP contribution is 2.22. The molecule has 1 fully saturated rings. The van der Waals surface area contributed by atoms with Crippen LogP contribution in [0.15, 0.2) is 18.5 Å². The van der Waals surface area contributed by atoms with Gasteiger partial charge in [0.25, 0.3) is 5.91 Å². The van der Waals surface area contributed by atoms with Crippen LogP contribution in [0.4, 0.5) is 0 Å². The van der Waals surface area contributed by atoms with Gasteiger partial charge in [-0.25, -0.2) is 0 Å². The summed E-state index contributed by atoms with van der Waals surface area (Å²) < 4.78 is 0. The number of hydrogen-bond donors (Lipinski definition) is 2. The summed E-state index contributed by atoms with van der Waals surface area (Å²) in [5.41, 5.74) is 0.340. The van der Waals surface area contributed by atoms with E-state index in [0.29, 0.717) is 17.5 Å². The fourth-order valence-electron chi connectivity index (χ4n) is 2.70. The molecule has 2 N–H and O–H groups in total. The van der Waals surface area contributed by atoms with Crippen LogP contribution < -0.4 is 5.32 Å². The van der Waals surface area contributed by atoms with Gasteiger partial charge in [-0.2, -0.15) is 0 Å². The predicted molar refractivity (Wildman–Crippen MR) is 77.7 cm³/mol. The number of likely N-dealkylation sites (tertiary alicyclic amines) is 1. The minimum Gasteiger partial charge on any atom is -0.505 e. The van der Waals surface area contributed by atoms with E-state index in [1.807, 2.05) is 4.90 Å². The average molecular weight is 277 g/mol. The van der Waals surface area contributed by atoms with Crippen molar-refractivity contribution in [1.82, 2.24) is 15.2 Å². The van der Waals surface area contributed by atoms with Crippen molar-refractivity contribution in [3.05, 3.63) is 24.0 Å². The zero-order valence-electron chi connectivity index (χ0n) is 12.2. The Balaban J connectivity index is 1.99. The summed E-state index contributed by atoms with van der Waals surface area (Å²) in [5.74, 6) is 0.269. The second-order valence-electron chi connectivity index (χ2n) is 5.47. The highest BCUT2D eigenvalue weighted by atomic mass is 16.3. The van der Waals surface area contributed by atoms with Crippen LogP contribution in [0, 0.1) is 5.92 Å². The maximum absolute atomic E-state index is 12.4. The molecule has 1 saturated heterocycles. The minimum atomic E-state index is -0.106. The first-order valence-corrected chi connectivity index (χ1v) is 7.29. The third-order valence-corrected chi connectivity index (χ3v) is 3.88. The van der Waals surface area contributed by atoms with Gasteiger partial charge in [0.1, 0.15) is 5.75 Å². The van der Waals surface area contributed by atoms with Gasteiger partial charge in [0.15, 0.2) is 0 Å². The van der Waals surface area contributed by atoms with E-state index < -0.39 is 0 Å². The number of amides is 1. The summed E-state index contributed by atoms with van der Waals surface area (Å²) in [6, 6.07) is 2.05. The summed E-state index contributed by atoms with van der Waals surface area (Å²) in [6.07, 6.45) is 4.92. The van der Waals surface area contributed by atoms with Crippen LogP contribution in [0.2, 0.25) is 0 Å². The molecule has 0 aromatic carbocycles. The van der Waals surface area contributed by atoms with Crippen molar-refractivity contribution >= 4 is 5.91 Å². The highest BCUT2D eigenvalue weighted by molar-refractivity contribution is 5.96. The third kappa shape index (κ3) is 3.28. The zero-order chi connectivity index (χ0) is 14.5. The number of rotatable bonds is 4. The first kappa shape index (κ1) is 14.8. The fourth-order valence-corrected chi connectivity index (χ4v) is 2.70. The van der Waals surface area contributed by atoms with Crippen LogP contribution >= 0.6 is 0 Å². The van der Waals surface area contributed by atoms with Gasteiger partial charge in [-0.15, -0.1) is 0 Å². The number of carbonyl (C=O) groups is 1. The van der Waals surface area contributed by atoms with E-state index in [4.69, 9.17) is 0 Å². The highest BCUT2D eigenvalue weighted by Gasteiger charge is 2.29. The average Bonchev–Trinajstić information content (AvgIpc) is 2.46. The Kier molecular flexibility index (Phi) is 4.95. The number of aromatic nitrogens is 1. The Labute approximate surface area is 120 Å². The molecule has 0 aliphatic carbocycles. The first-order chi connectivity index (χ1) is 9.63. The number of pyridine rings is 1. The maximum atomic E-state index is 12.4. The van der Waals surface area contributed by atoms with E-state index in [-0.39, 0.29) is 11.7 Å². The van der Waals surface area contributed by atoms with Gasteiger partial charge in [-0.05, 0) is 31.4 Å². The number of carbonyl (C=O) groups excluding carboxylic acids is 1. The number of piperidine rings is 1. The molecule has 1 aliphatic rings. The monoisotopic (exact) mass is 277 g/mol. The van der Waals surface area contributed by atoms with Crippen LogP contribution in [0.25, 0.3) is 0 Å². The van der Waals surface area contributed by atoms with Crippen LogP contribution in [0.1, 0.15) is 37.0 Å². The molecule has 1 aromatic rings. The largest absolute Gasteiger partial charge is 0.505 e. The lowest BCUT2D eigenvalue weighted by Crippen LogP contribution is -2.50. The van der Waals surface area contributed by atoms with Crippen molar-refractivity contribution < 1.29 is 9.90 Å². The Morgan fingerprint density at radius 1 is 1.60 bits per heavy atom. The molecule has 2 unspecified atom stereocenters. The molecule has 0 radical (unpaired) electrons. The van der Waals surface area contributed by atoms with E-state index in [9.17, 15) is 9.90 Å². The molecule has 20 heavy (non-hydrogen) atoms. The Morgan fingerprint density at radius 3 is 3.05 bits per heavy atom. The van der Waals surface area contributed by atoms with Gasteiger partial charge in [0.2, 0.25) is 0 Å². The van der Waals surface area contributed by atoms with E-state index in [0.717, 1.165) is 32.5 Å². The Morgan fingerprint density at radius 2 is 2.40 bits per heavy atom. The molecular weight excluding hydrogens is 254 g/mol. The number of nitrogens with one attached hydrogen (secondary N) is 1. The third-order valence-electron chi connectivity index (χ3n) is 3.88. The molecule has 5 nitrogen and oxygen atoms in total. The SMILES string of the molecule is CCCNC1CCN(C(=O)c2ccncc2O)CC1C. The van der Waals surface area contributed by atoms with Crippen LogP contribution in [-0.4, -0.2) is 46.6 Å². The Hall–Kier alpha value is -1.62. The summed E-state index contributed by atoms with van der Waals surface area (Å²) in [7, 11) is 0. The lowest BCUT2D eigenvalue weighted by molar-refractivity contribution is 0.0642. The molecule has 0 bridgehead atoms. The van der Waals surface area contributed by atoms with Crippen molar-refractivity contribution in [2.24, 2.45) is 5.92 Å². The summed E-state index contributed by atoms with van der Waals surface area (Å²) >= 11 is 0. The maximum Gasteiger partial charge on any atom is 0.257 e. The standard InChI is InChI=1S/C15H23N3O2/c1-3-6-17-13-5-8-18(10-11(13)2)15(20)12-4-7-16-9-14(12)19/h4,7,9,11,13,17,19H,3,5-6,8,10H2,1-2H3. The minimum absolute atomic E-state index is 0.0450. The van der Waals surface area contributed by atoms with Gasteiger partial charge >= 0.3 is 0 Å². The zero-order valence-corrected chi connectivity index (χ0v) is 12.2. The van der Waals surface area contributed by atoms with Gasteiger partial charge in [0, 0.05) is 25.3 Å². The van der Waals surface area contributed by atoms with Crippen LogP contribution in [-0.2, 0) is 0 Å². The van der Waals surface area contributed by atoms with Crippen molar-refractivity contribution in [2.75, 3.05) is 19.6 Å². The second-order valence-corrected chi connectivity index (χ2v) is 5.47. The lowest BCUT2D eigenvalue weighted by Gasteiger charge is -2.37. The molecule has 2 atom stereocenters. The molecule has 110 valence electrons. The number of nitrogens with zero attached hydrogens (tertiary/aromatic N) is 2. The van der Waals surface area contributed by atoms with Crippen LogP contribution in [0.3, 0.4) is 0 Å². The normalized spacial score (nSPS) is 22.8. The van der Waals surface area contributed by atoms with Crippen LogP contribution in [0.5, 0.6) is 5.75 Å².